The number of hydrogen-bond donors (Lipinski definition) is 6. The number of aliphatic hydroxyl groups is 1. The molecule has 0 radical (unpaired) electrons. The number of hydrogen-bond acceptors (Lipinski definition) is 17. The van der Waals surface area contributed by atoms with Crippen LogP contribution in [0.3, 0.4) is 0 Å². The van der Waals surface area contributed by atoms with E-state index in [9.17, 15) is 43.1 Å². The van der Waals surface area contributed by atoms with E-state index in [1.807, 2.05) is 52.5 Å². The molecular weight excluding hydrogens is 1020 g/mol. The summed E-state index contributed by atoms with van der Waals surface area (Å²) in [7, 11) is -7.16. The maximum Gasteiger partial charge on any atom is 0.487 e. The van der Waals surface area contributed by atoms with Crippen LogP contribution in [-0.2, 0) is 36.4 Å². The lowest BCUT2D eigenvalue weighted by molar-refractivity contribution is -0.212. The molecule has 1 saturated heterocycles. The lowest BCUT2D eigenvalue weighted by Gasteiger charge is -2.22. The minimum Gasteiger partial charge on any atom is -0.756 e. The van der Waals surface area contributed by atoms with Crippen molar-refractivity contribution in [1.82, 2.24) is 34.3 Å². The maximum absolute atomic E-state index is 14.1. The number of phosphoric ester groups is 1. The smallest absolute Gasteiger partial charge is 0.487 e. The zero-order chi connectivity index (χ0) is 52.0. The summed E-state index contributed by atoms with van der Waals surface area (Å²) in [5, 5.41) is 19.0. The number of carbonyl (C=O) groups is 2. The first-order valence-electron chi connectivity index (χ1n) is 22.9. The van der Waals surface area contributed by atoms with Gasteiger partial charge in [0.05, 0.1) is 19.0 Å². The quantitative estimate of drug-likeness (QED) is 0.0215. The second-order valence-electron chi connectivity index (χ2n) is 17.5. The van der Waals surface area contributed by atoms with Gasteiger partial charge in [-0.3, -0.25) is 23.2 Å². The Bertz CT molecular complexity index is 3110. The molecule has 23 nitrogen and oxygen atoms in total. The molecule has 2 aliphatic heterocycles. The number of unbranched alkanes of at least 4 members (excludes halogenated alkanes) is 3. The summed E-state index contributed by atoms with van der Waals surface area (Å²) in [5.41, 5.74) is 5.41. The van der Waals surface area contributed by atoms with Gasteiger partial charge in [-0.2, -0.15) is 4.31 Å². The number of nitrogens with one attached hydrogen (secondary N) is 2. The van der Waals surface area contributed by atoms with Crippen LogP contribution in [0.2, 0.25) is 0 Å². The molecule has 0 saturated carbocycles. The highest BCUT2D eigenvalue weighted by Gasteiger charge is 2.42. The standard InChI is InChI=1S/C45H58N9O14P3S/c1-51(2)29-16-18-33-37(23-29)72-38-24-30(52(3)4)17-19-34(38)41(33)31-13-8-9-14-32(31)45(57)53(5)22-12-15-39(56)46-20-10-6-7-11-21-47-43-42-44(49-27-48-43)54(28-50-42)40-25-35(55)36(66-40)26-65-70(61,62)68-71(63,64)67-69(58,59)60/h8-9,13-14,16-19,23-24,27-28,35-36,40,55H,6-7,10-12,15,20-22,25-26H2,1-5H3,(H5-,46,47,48,49,56,58,59,60,61,62,63,64)/t35-,36+,40+/m0/s1. The predicted octanol–water partition coefficient (Wildman–Crippen LogP) is 4.91. The monoisotopic (exact) mass is 1070 g/mol. The van der Waals surface area contributed by atoms with Crippen LogP contribution >= 0.6 is 34.8 Å². The van der Waals surface area contributed by atoms with E-state index in [0.717, 1.165) is 68.4 Å². The molecule has 27 heteroatoms. The number of anilines is 2. The summed E-state index contributed by atoms with van der Waals surface area (Å²) in [6.45, 7) is 0.669. The van der Waals surface area contributed by atoms with Crippen LogP contribution in [-0.4, -0.2) is 130 Å². The summed E-state index contributed by atoms with van der Waals surface area (Å²) in [5.74, 6) is 0.270. The van der Waals surface area contributed by atoms with Crippen molar-refractivity contribution in [3.63, 3.8) is 0 Å². The molecule has 0 spiro atoms. The van der Waals surface area contributed by atoms with Gasteiger partial charge in [0.15, 0.2) is 17.0 Å². The summed E-state index contributed by atoms with van der Waals surface area (Å²) < 4.78 is 56.9. The summed E-state index contributed by atoms with van der Waals surface area (Å²) in [6, 6.07) is 20.6. The fourth-order valence-corrected chi connectivity index (χ4v) is 12.4. The largest absolute Gasteiger partial charge is 0.756 e. The SMILES string of the molecule is CN(CCCC(=O)NCCCCCCNc1ncnc2c1ncn2[C@H]1C[C@H](O)[C@@H](COP(=O)(O)OP(=O)(O)OP(=O)([O-])O)O1)C(=O)c1ccccc1-c1c2ccc(=[N+](C)C)cc-2sc2cc(N(C)C)ccc12. The van der Waals surface area contributed by atoms with Crippen LogP contribution in [0.5, 0.6) is 0 Å². The van der Waals surface area contributed by atoms with E-state index in [0.29, 0.717) is 48.6 Å². The van der Waals surface area contributed by atoms with Gasteiger partial charge >= 0.3 is 15.6 Å². The Balaban J connectivity index is 0.833. The number of nitrogens with zero attached hydrogens (tertiary/aromatic N) is 7. The van der Waals surface area contributed by atoms with Gasteiger partial charge in [0, 0.05) is 97.5 Å². The summed E-state index contributed by atoms with van der Waals surface area (Å²) in [6.07, 6.45) is 3.45. The molecular formula is C45H58N9O14P3S. The number of benzene rings is 3. The number of imidazole rings is 1. The van der Waals surface area contributed by atoms with Gasteiger partial charge in [-0.15, -0.1) is 11.3 Å². The molecule has 1 aliphatic carbocycles. The average molecular weight is 1070 g/mol. The molecule has 2 aromatic heterocycles. The molecule has 388 valence electrons. The molecule has 4 aromatic rings. The summed E-state index contributed by atoms with van der Waals surface area (Å²) in [4.78, 5) is 83.2. The zero-order valence-electron chi connectivity index (χ0n) is 40.2. The van der Waals surface area contributed by atoms with Crippen LogP contribution in [0, 0.1) is 0 Å². The minimum atomic E-state index is -5.81. The van der Waals surface area contributed by atoms with Gasteiger partial charge in [0.1, 0.15) is 32.8 Å². The molecule has 3 aliphatic rings. The average Bonchev–Trinajstić information content (AvgIpc) is 3.92. The van der Waals surface area contributed by atoms with E-state index in [2.05, 4.69) is 84.6 Å². The number of carbonyl (C=O) groups excluding carboxylic acids is 2. The van der Waals surface area contributed by atoms with Crippen molar-refractivity contribution in [2.24, 2.45) is 0 Å². The number of amides is 2. The fraction of sp³-hybridized carbons (Fsp3) is 0.422. The normalized spacial score (nSPS) is 18.4. The van der Waals surface area contributed by atoms with Gasteiger partial charge in [0.2, 0.25) is 11.3 Å². The number of fused-ring (bicyclic) bond motifs is 3. The predicted molar refractivity (Wildman–Crippen MR) is 269 cm³/mol. The molecule has 3 unspecified atom stereocenters. The number of aliphatic hydroxyl groups excluding tert-OH is 1. The molecule has 1 fully saturated rings. The Kier molecular flexibility index (Phi) is 17.8. The van der Waals surface area contributed by atoms with Crippen molar-refractivity contribution in [2.75, 3.05) is 71.7 Å². The van der Waals surface area contributed by atoms with Gasteiger partial charge in [0.25, 0.3) is 13.7 Å². The first-order valence-corrected chi connectivity index (χ1v) is 28.2. The van der Waals surface area contributed by atoms with E-state index < -0.39 is 48.5 Å². The molecule has 7 rings (SSSR count). The highest BCUT2D eigenvalue weighted by molar-refractivity contribution is 7.66. The third-order valence-corrected chi connectivity index (χ3v) is 16.7. The first kappa shape index (κ1) is 54.7. The first-order chi connectivity index (χ1) is 34.1. The van der Waals surface area contributed by atoms with Gasteiger partial charge < -0.3 is 49.9 Å². The molecule has 0 bridgehead atoms. The fourth-order valence-electron chi connectivity index (χ4n) is 8.21. The highest BCUT2D eigenvalue weighted by Crippen LogP contribution is 2.65. The van der Waals surface area contributed by atoms with E-state index in [4.69, 9.17) is 9.63 Å². The van der Waals surface area contributed by atoms with Crippen LogP contribution in [0.1, 0.15) is 61.5 Å². The van der Waals surface area contributed by atoms with Crippen molar-refractivity contribution < 1.29 is 65.8 Å². The second kappa shape index (κ2) is 23.5. The third kappa shape index (κ3) is 14.0. The van der Waals surface area contributed by atoms with Crippen LogP contribution in [0.25, 0.3) is 42.8 Å². The number of aromatic nitrogens is 4. The molecule has 6 N–H and O–H groups in total. The van der Waals surface area contributed by atoms with Gasteiger partial charge in [-0.1, -0.05) is 37.1 Å². The van der Waals surface area contributed by atoms with E-state index >= 15 is 0 Å². The molecule has 4 heterocycles. The Morgan fingerprint density at radius 3 is 2.40 bits per heavy atom. The Morgan fingerprint density at radius 1 is 0.917 bits per heavy atom. The van der Waals surface area contributed by atoms with Crippen molar-refractivity contribution >= 4 is 79.4 Å². The Morgan fingerprint density at radius 2 is 1.67 bits per heavy atom. The Labute approximate surface area is 418 Å². The van der Waals surface area contributed by atoms with Crippen LogP contribution < -0.4 is 30.4 Å². The number of rotatable bonds is 23. The number of ether oxygens (including phenoxy) is 1. The van der Waals surface area contributed by atoms with Crippen LogP contribution in [0.15, 0.2) is 73.3 Å². The second-order valence-corrected chi connectivity index (χ2v) is 23.0. The van der Waals surface area contributed by atoms with Crippen LogP contribution in [0.4, 0.5) is 11.5 Å². The van der Waals surface area contributed by atoms with Gasteiger partial charge in [-0.25, -0.2) is 33.0 Å². The van der Waals surface area contributed by atoms with E-state index in [-0.39, 0.29) is 24.7 Å². The van der Waals surface area contributed by atoms with Crippen molar-refractivity contribution in [3.05, 3.63) is 84.2 Å². The van der Waals surface area contributed by atoms with Crippen molar-refractivity contribution in [3.8, 4) is 21.6 Å². The molecule has 2 amide bonds. The van der Waals surface area contributed by atoms with Crippen molar-refractivity contribution in [1.29, 1.82) is 0 Å². The topological polar surface area (TPSA) is 303 Å². The van der Waals surface area contributed by atoms with Gasteiger partial charge in [-0.05, 0) is 54.7 Å². The molecule has 6 atom stereocenters. The van der Waals surface area contributed by atoms with E-state index in [1.165, 1.54) is 17.2 Å². The lowest BCUT2D eigenvalue weighted by atomic mass is 9.91. The third-order valence-electron chi connectivity index (χ3n) is 11.8. The molecule has 2 aromatic carbocycles. The number of phosphoric acid groups is 3. The van der Waals surface area contributed by atoms with Crippen molar-refractivity contribution in [2.45, 2.75) is 63.4 Å². The summed E-state index contributed by atoms with van der Waals surface area (Å²) >= 11 is 1.74. The minimum absolute atomic E-state index is 0.0358. The highest BCUT2D eigenvalue weighted by atomic mass is 32.1. The Hall–Kier alpha value is -5.03. The molecule has 72 heavy (non-hydrogen) atoms. The lowest BCUT2D eigenvalue weighted by Crippen LogP contribution is -2.30. The van der Waals surface area contributed by atoms with E-state index in [1.54, 1.807) is 23.3 Å². The zero-order valence-corrected chi connectivity index (χ0v) is 43.7. The maximum atomic E-state index is 14.1.